The minimum absolute atomic E-state index is 0.833. The van der Waals surface area contributed by atoms with Crippen molar-refractivity contribution in [3.63, 3.8) is 0 Å². The molecule has 6 rings (SSSR count). The number of nitrogens with zero attached hydrogens (tertiary/aromatic N) is 1. The molecule has 0 amide bonds. The van der Waals surface area contributed by atoms with Crippen molar-refractivity contribution in [3.8, 4) is 22.4 Å². The lowest BCUT2D eigenvalue weighted by molar-refractivity contribution is 0.860. The van der Waals surface area contributed by atoms with E-state index in [0.29, 0.717) is 0 Å². The highest BCUT2D eigenvalue weighted by Crippen LogP contribution is 2.52. The highest BCUT2D eigenvalue weighted by atomic mass is 15.2. The van der Waals surface area contributed by atoms with Gasteiger partial charge in [-0.2, -0.15) is 0 Å². The Hall–Kier alpha value is -3.72. The van der Waals surface area contributed by atoms with Gasteiger partial charge >= 0.3 is 0 Å². The van der Waals surface area contributed by atoms with Gasteiger partial charge in [0.15, 0.2) is 0 Å². The lowest BCUT2D eigenvalue weighted by atomic mass is 9.96. The van der Waals surface area contributed by atoms with Crippen molar-refractivity contribution in [1.29, 1.82) is 0 Å². The maximum atomic E-state index is 3.71. The van der Waals surface area contributed by atoms with E-state index >= 15 is 0 Å². The number of hydrogen-bond donors (Lipinski definition) is 2. The molecule has 2 aliphatic rings. The van der Waals surface area contributed by atoms with Gasteiger partial charge in [0, 0.05) is 40.2 Å². The van der Waals surface area contributed by atoms with Crippen LogP contribution in [0.5, 0.6) is 0 Å². The first-order valence-corrected chi connectivity index (χ1v) is 9.60. The Bertz CT molecular complexity index is 1220. The van der Waals surface area contributed by atoms with Crippen LogP contribution in [0.1, 0.15) is 11.3 Å². The van der Waals surface area contributed by atoms with Crippen molar-refractivity contribution in [2.45, 2.75) is 6.54 Å². The summed E-state index contributed by atoms with van der Waals surface area (Å²) in [5.74, 6) is 0. The Morgan fingerprint density at radius 3 is 2.21 bits per heavy atom. The van der Waals surface area contributed by atoms with Crippen molar-refractivity contribution in [1.82, 2.24) is 10.3 Å². The number of H-pyrrole nitrogens is 1. The molecule has 0 radical (unpaired) electrons. The first kappa shape index (κ1) is 15.3. The number of hydrogen-bond acceptors (Lipinski definition) is 2. The Labute approximate surface area is 164 Å². The van der Waals surface area contributed by atoms with E-state index in [-0.39, 0.29) is 0 Å². The van der Waals surface area contributed by atoms with Crippen LogP contribution in [0.3, 0.4) is 0 Å². The summed E-state index contributed by atoms with van der Waals surface area (Å²) in [5.41, 5.74) is 11.1. The van der Waals surface area contributed by atoms with Crippen LogP contribution in [0, 0.1) is 0 Å². The van der Waals surface area contributed by atoms with Gasteiger partial charge in [-0.15, -0.1) is 0 Å². The van der Waals surface area contributed by atoms with E-state index in [2.05, 4.69) is 100 Å². The Balaban J connectivity index is 1.75. The molecule has 4 aromatic rings. The summed E-state index contributed by atoms with van der Waals surface area (Å²) in [4.78, 5) is 6.08. The molecule has 3 heteroatoms. The summed E-state index contributed by atoms with van der Waals surface area (Å²) >= 11 is 0. The molecule has 2 aliphatic heterocycles. The SMILES string of the molecule is C1=Cc2[nH]c3c(c2CN1)-c1ccccc1N(c1ccccc1)c1ccccc1-3. The van der Waals surface area contributed by atoms with Crippen LogP contribution >= 0.6 is 0 Å². The van der Waals surface area contributed by atoms with Gasteiger partial charge in [-0.05, 0) is 36.5 Å². The van der Waals surface area contributed by atoms with Gasteiger partial charge in [-0.1, -0.05) is 54.6 Å². The first-order chi connectivity index (χ1) is 13.9. The lowest BCUT2D eigenvalue weighted by Crippen LogP contribution is -2.12. The third-order valence-electron chi connectivity index (χ3n) is 5.63. The molecule has 0 saturated carbocycles. The molecule has 3 aromatic carbocycles. The number of rotatable bonds is 1. The van der Waals surface area contributed by atoms with Crippen molar-refractivity contribution < 1.29 is 0 Å². The van der Waals surface area contributed by atoms with Crippen LogP contribution in [0.4, 0.5) is 17.1 Å². The second-order valence-corrected chi connectivity index (χ2v) is 7.19. The number of anilines is 3. The molecule has 0 aliphatic carbocycles. The molecule has 0 unspecified atom stereocenters. The lowest BCUT2D eigenvalue weighted by Gasteiger charge is -2.27. The number of nitrogens with one attached hydrogen (secondary N) is 2. The first-order valence-electron chi connectivity index (χ1n) is 9.60. The fourth-order valence-corrected chi connectivity index (χ4v) is 4.43. The van der Waals surface area contributed by atoms with Gasteiger partial charge < -0.3 is 15.2 Å². The van der Waals surface area contributed by atoms with Crippen LogP contribution in [-0.2, 0) is 6.54 Å². The van der Waals surface area contributed by atoms with Crippen molar-refractivity contribution >= 4 is 23.1 Å². The highest BCUT2D eigenvalue weighted by Gasteiger charge is 2.30. The maximum absolute atomic E-state index is 3.71. The van der Waals surface area contributed by atoms with Crippen molar-refractivity contribution in [3.05, 3.63) is 96.3 Å². The molecule has 0 bridgehead atoms. The third-order valence-corrected chi connectivity index (χ3v) is 5.63. The van der Waals surface area contributed by atoms with Gasteiger partial charge in [0.2, 0.25) is 0 Å². The maximum Gasteiger partial charge on any atom is 0.0563 e. The molecule has 3 nitrogen and oxygen atoms in total. The zero-order valence-corrected chi connectivity index (χ0v) is 15.3. The molecular formula is C25H19N3. The van der Waals surface area contributed by atoms with Crippen LogP contribution in [0.25, 0.3) is 28.5 Å². The summed E-state index contributed by atoms with van der Waals surface area (Å²) in [6.45, 7) is 0.833. The average Bonchev–Trinajstić information content (AvgIpc) is 3.09. The quantitative estimate of drug-likeness (QED) is 0.372. The molecule has 0 saturated heterocycles. The van der Waals surface area contributed by atoms with Gasteiger partial charge in [-0.3, -0.25) is 0 Å². The van der Waals surface area contributed by atoms with Gasteiger partial charge in [-0.25, -0.2) is 0 Å². The van der Waals surface area contributed by atoms with Crippen molar-refractivity contribution in [2.75, 3.05) is 4.90 Å². The normalized spacial score (nSPS) is 13.6. The largest absolute Gasteiger partial charge is 0.387 e. The summed E-state index contributed by atoms with van der Waals surface area (Å²) in [6.07, 6.45) is 4.15. The van der Waals surface area contributed by atoms with E-state index in [0.717, 1.165) is 6.54 Å². The number of benzene rings is 3. The summed E-state index contributed by atoms with van der Waals surface area (Å²) < 4.78 is 0. The second-order valence-electron chi connectivity index (χ2n) is 7.19. The van der Waals surface area contributed by atoms with Crippen LogP contribution in [0.15, 0.2) is 85.1 Å². The van der Waals surface area contributed by atoms with E-state index in [4.69, 9.17) is 0 Å². The molecule has 28 heavy (non-hydrogen) atoms. The number of para-hydroxylation sites is 3. The van der Waals surface area contributed by atoms with Crippen LogP contribution in [0.2, 0.25) is 0 Å². The van der Waals surface area contributed by atoms with E-state index in [1.54, 1.807) is 0 Å². The molecule has 3 heterocycles. The smallest absolute Gasteiger partial charge is 0.0563 e. The average molecular weight is 361 g/mol. The monoisotopic (exact) mass is 361 g/mol. The fourth-order valence-electron chi connectivity index (χ4n) is 4.43. The van der Waals surface area contributed by atoms with E-state index < -0.39 is 0 Å². The Kier molecular flexibility index (Phi) is 3.23. The van der Waals surface area contributed by atoms with Crippen LogP contribution in [-0.4, -0.2) is 4.98 Å². The number of aromatic amines is 1. The molecular weight excluding hydrogens is 342 g/mol. The Morgan fingerprint density at radius 1 is 0.714 bits per heavy atom. The number of aromatic nitrogens is 1. The molecule has 0 spiro atoms. The van der Waals surface area contributed by atoms with Gasteiger partial charge in [0.1, 0.15) is 0 Å². The standard InChI is InChI=1S/C25H19N3/c1-2-8-17(9-3-1)28-22-12-6-4-10-18(22)24-20-16-26-15-14-21(20)27-25(24)19-11-5-7-13-23(19)28/h1-15,26-27H,16H2. The van der Waals surface area contributed by atoms with Crippen LogP contribution < -0.4 is 10.2 Å². The second kappa shape index (κ2) is 5.89. The summed E-state index contributed by atoms with van der Waals surface area (Å²) in [7, 11) is 0. The summed E-state index contributed by atoms with van der Waals surface area (Å²) in [5, 5.41) is 3.38. The molecule has 134 valence electrons. The topological polar surface area (TPSA) is 31.1 Å². The van der Waals surface area contributed by atoms with Crippen molar-refractivity contribution in [2.24, 2.45) is 0 Å². The minimum Gasteiger partial charge on any atom is -0.387 e. The highest BCUT2D eigenvalue weighted by molar-refractivity contribution is 6.03. The third kappa shape index (κ3) is 2.10. The van der Waals surface area contributed by atoms with E-state index in [1.807, 2.05) is 6.20 Å². The minimum atomic E-state index is 0.833. The molecule has 0 atom stereocenters. The van der Waals surface area contributed by atoms with Gasteiger partial charge in [0.05, 0.1) is 17.1 Å². The summed E-state index contributed by atoms with van der Waals surface area (Å²) in [6, 6.07) is 28.0. The zero-order chi connectivity index (χ0) is 18.5. The molecule has 2 N–H and O–H groups in total. The predicted molar refractivity (Wildman–Crippen MR) is 116 cm³/mol. The Morgan fingerprint density at radius 2 is 1.39 bits per heavy atom. The van der Waals surface area contributed by atoms with Gasteiger partial charge in [0.25, 0.3) is 0 Å². The molecule has 1 aromatic heterocycles. The van der Waals surface area contributed by atoms with E-state index in [1.165, 1.54) is 50.7 Å². The zero-order valence-electron chi connectivity index (χ0n) is 15.3. The van der Waals surface area contributed by atoms with E-state index in [9.17, 15) is 0 Å². The predicted octanol–water partition coefficient (Wildman–Crippen LogP) is 6.21. The molecule has 0 fully saturated rings. The number of fused-ring (bicyclic) bond motifs is 7. The fraction of sp³-hybridized carbons (Fsp3) is 0.0400.